The van der Waals surface area contributed by atoms with E-state index >= 15 is 0 Å². The molecule has 0 bridgehead atoms. The van der Waals surface area contributed by atoms with E-state index in [1.807, 2.05) is 12.3 Å². The standard InChI is InChI=1S/C18H25N2/c1-17(2,3)16-11-7-9-13-20(16)14-18(4,5)15-10-6-8-12-19-15/h6-13H,14H2,1-5H3/q+1. The number of aromatic nitrogens is 2. The molecule has 0 amide bonds. The van der Waals surface area contributed by atoms with Crippen LogP contribution in [0.5, 0.6) is 0 Å². The van der Waals surface area contributed by atoms with Crippen molar-refractivity contribution in [3.05, 3.63) is 60.2 Å². The predicted molar refractivity (Wildman–Crippen MR) is 82.6 cm³/mol. The topological polar surface area (TPSA) is 16.8 Å². The maximum Gasteiger partial charge on any atom is 0.186 e. The Morgan fingerprint density at radius 3 is 2.25 bits per heavy atom. The summed E-state index contributed by atoms with van der Waals surface area (Å²) in [6, 6.07) is 12.6. The van der Waals surface area contributed by atoms with Crippen molar-refractivity contribution in [1.82, 2.24) is 4.98 Å². The highest BCUT2D eigenvalue weighted by Gasteiger charge is 2.31. The molecule has 0 fully saturated rings. The molecule has 0 aliphatic rings. The van der Waals surface area contributed by atoms with Crippen molar-refractivity contribution < 1.29 is 4.57 Å². The summed E-state index contributed by atoms with van der Waals surface area (Å²) in [7, 11) is 0. The Hall–Kier alpha value is -1.70. The minimum atomic E-state index is 0.00722. The Morgan fingerprint density at radius 2 is 1.65 bits per heavy atom. The lowest BCUT2D eigenvalue weighted by atomic mass is 9.86. The van der Waals surface area contributed by atoms with Gasteiger partial charge in [0.15, 0.2) is 18.4 Å². The van der Waals surface area contributed by atoms with Gasteiger partial charge in [-0.2, -0.15) is 0 Å². The third-order valence-electron chi connectivity index (χ3n) is 3.63. The highest BCUT2D eigenvalue weighted by atomic mass is 15.0. The summed E-state index contributed by atoms with van der Waals surface area (Å²) in [5.41, 5.74) is 2.63. The summed E-state index contributed by atoms with van der Waals surface area (Å²) in [6.45, 7) is 12.2. The Morgan fingerprint density at radius 1 is 0.950 bits per heavy atom. The first-order valence-electron chi connectivity index (χ1n) is 7.21. The van der Waals surface area contributed by atoms with Gasteiger partial charge >= 0.3 is 0 Å². The van der Waals surface area contributed by atoms with Crippen molar-refractivity contribution in [2.24, 2.45) is 0 Å². The van der Waals surface area contributed by atoms with E-state index in [1.54, 1.807) is 0 Å². The Bertz CT molecular complexity index is 565. The first kappa shape index (κ1) is 14.7. The SMILES string of the molecule is CC(C)(C)c1cccc[n+]1CC(C)(C)c1ccccn1. The van der Waals surface area contributed by atoms with E-state index in [2.05, 4.69) is 80.7 Å². The van der Waals surface area contributed by atoms with Crippen molar-refractivity contribution in [3.63, 3.8) is 0 Å². The summed E-state index contributed by atoms with van der Waals surface area (Å²) in [5, 5.41) is 0. The lowest BCUT2D eigenvalue weighted by Gasteiger charge is -2.24. The molecule has 2 aromatic rings. The van der Waals surface area contributed by atoms with E-state index in [-0.39, 0.29) is 10.8 Å². The molecule has 0 aliphatic heterocycles. The van der Waals surface area contributed by atoms with Crippen LogP contribution in [0.4, 0.5) is 0 Å². The van der Waals surface area contributed by atoms with Gasteiger partial charge in [-0.1, -0.05) is 32.9 Å². The highest BCUT2D eigenvalue weighted by molar-refractivity contribution is 5.14. The monoisotopic (exact) mass is 269 g/mol. The van der Waals surface area contributed by atoms with Crippen molar-refractivity contribution in [2.75, 3.05) is 0 Å². The molecule has 20 heavy (non-hydrogen) atoms. The van der Waals surface area contributed by atoms with Crippen LogP contribution in [0.2, 0.25) is 0 Å². The highest BCUT2D eigenvalue weighted by Crippen LogP contribution is 2.23. The lowest BCUT2D eigenvalue weighted by Crippen LogP contribution is -2.49. The van der Waals surface area contributed by atoms with Crippen molar-refractivity contribution >= 4 is 0 Å². The van der Waals surface area contributed by atoms with Crippen LogP contribution in [-0.2, 0) is 17.4 Å². The van der Waals surface area contributed by atoms with E-state index in [0.29, 0.717) is 0 Å². The number of rotatable bonds is 3. The second-order valence-electron chi connectivity index (χ2n) is 7.06. The molecule has 2 aromatic heterocycles. The zero-order chi connectivity index (χ0) is 14.8. The molecule has 0 N–H and O–H groups in total. The fourth-order valence-electron chi connectivity index (χ4n) is 2.56. The molecule has 2 heterocycles. The Kier molecular flexibility index (Phi) is 3.94. The van der Waals surface area contributed by atoms with Gasteiger partial charge in [-0.15, -0.1) is 0 Å². The van der Waals surface area contributed by atoms with Crippen LogP contribution >= 0.6 is 0 Å². The fraction of sp³-hybridized carbons (Fsp3) is 0.444. The number of pyridine rings is 2. The van der Waals surface area contributed by atoms with Crippen LogP contribution < -0.4 is 4.57 Å². The largest absolute Gasteiger partial charge is 0.260 e. The van der Waals surface area contributed by atoms with Crippen LogP contribution in [-0.4, -0.2) is 4.98 Å². The maximum absolute atomic E-state index is 4.53. The molecular weight excluding hydrogens is 244 g/mol. The molecule has 106 valence electrons. The third kappa shape index (κ3) is 3.24. The second kappa shape index (κ2) is 5.35. The second-order valence-corrected chi connectivity index (χ2v) is 7.06. The minimum Gasteiger partial charge on any atom is -0.260 e. The van der Waals surface area contributed by atoms with Gasteiger partial charge in [-0.05, 0) is 26.0 Å². The molecule has 0 aromatic carbocycles. The zero-order valence-corrected chi connectivity index (χ0v) is 13.2. The number of nitrogens with zero attached hydrogens (tertiary/aromatic N) is 2. The van der Waals surface area contributed by atoms with Gasteiger partial charge in [0.2, 0.25) is 0 Å². The summed E-state index contributed by atoms with van der Waals surface area (Å²) >= 11 is 0. The van der Waals surface area contributed by atoms with Crippen molar-refractivity contribution in [3.8, 4) is 0 Å². The molecule has 0 aliphatic carbocycles. The molecule has 0 unspecified atom stereocenters. The molecule has 0 saturated carbocycles. The van der Waals surface area contributed by atoms with E-state index in [1.165, 1.54) is 5.69 Å². The molecule has 2 nitrogen and oxygen atoms in total. The zero-order valence-electron chi connectivity index (χ0n) is 13.2. The van der Waals surface area contributed by atoms with Crippen LogP contribution in [0, 0.1) is 0 Å². The third-order valence-corrected chi connectivity index (χ3v) is 3.63. The van der Waals surface area contributed by atoms with Crippen molar-refractivity contribution in [1.29, 1.82) is 0 Å². The van der Waals surface area contributed by atoms with Crippen LogP contribution in [0.3, 0.4) is 0 Å². The Labute approximate surface area is 122 Å². The minimum absolute atomic E-state index is 0.00722. The summed E-state index contributed by atoms with van der Waals surface area (Å²) in [6.07, 6.45) is 4.04. The molecule has 2 heteroatoms. The smallest absolute Gasteiger partial charge is 0.186 e. The molecule has 0 spiro atoms. The molecular formula is C18H25N2+. The van der Waals surface area contributed by atoms with Crippen LogP contribution in [0.1, 0.15) is 46.0 Å². The van der Waals surface area contributed by atoms with Gasteiger partial charge in [-0.3, -0.25) is 4.98 Å². The van der Waals surface area contributed by atoms with E-state index in [4.69, 9.17) is 0 Å². The number of hydrogen-bond donors (Lipinski definition) is 0. The van der Waals surface area contributed by atoms with Crippen LogP contribution in [0.25, 0.3) is 0 Å². The Balaban J connectivity index is 2.35. The van der Waals surface area contributed by atoms with Gasteiger partial charge in [0.05, 0.1) is 11.1 Å². The van der Waals surface area contributed by atoms with Crippen LogP contribution in [0.15, 0.2) is 48.8 Å². The quantitative estimate of drug-likeness (QED) is 0.777. The van der Waals surface area contributed by atoms with Gasteiger partial charge in [0.1, 0.15) is 0 Å². The average Bonchev–Trinajstić information content (AvgIpc) is 2.39. The van der Waals surface area contributed by atoms with E-state index < -0.39 is 0 Å². The molecule has 0 saturated heterocycles. The summed E-state index contributed by atoms with van der Waals surface area (Å²) in [5.74, 6) is 0. The predicted octanol–water partition coefficient (Wildman–Crippen LogP) is 3.64. The van der Waals surface area contributed by atoms with E-state index in [9.17, 15) is 0 Å². The van der Waals surface area contributed by atoms with Gasteiger partial charge in [0.25, 0.3) is 0 Å². The van der Waals surface area contributed by atoms with Gasteiger partial charge in [0, 0.05) is 23.7 Å². The van der Waals surface area contributed by atoms with Gasteiger partial charge in [-0.25, -0.2) is 4.57 Å². The van der Waals surface area contributed by atoms with E-state index in [0.717, 1.165) is 12.2 Å². The maximum atomic E-state index is 4.53. The lowest BCUT2D eigenvalue weighted by molar-refractivity contribution is -0.714. The average molecular weight is 269 g/mol. The normalized spacial score (nSPS) is 12.4. The first-order valence-corrected chi connectivity index (χ1v) is 7.21. The molecule has 2 rings (SSSR count). The number of hydrogen-bond acceptors (Lipinski definition) is 1. The van der Waals surface area contributed by atoms with Gasteiger partial charge < -0.3 is 0 Å². The summed E-state index contributed by atoms with van der Waals surface area (Å²) < 4.78 is 2.36. The first-order chi connectivity index (χ1) is 9.31. The molecule has 0 radical (unpaired) electrons. The summed E-state index contributed by atoms with van der Waals surface area (Å²) in [4.78, 5) is 4.53. The van der Waals surface area contributed by atoms with Crippen molar-refractivity contribution in [2.45, 2.75) is 52.0 Å². The fourth-order valence-corrected chi connectivity index (χ4v) is 2.56. The molecule has 0 atom stereocenters.